The highest BCUT2D eigenvalue weighted by Gasteiger charge is 2.17. The van der Waals surface area contributed by atoms with Gasteiger partial charge in [-0.15, -0.1) is 0 Å². The van der Waals surface area contributed by atoms with E-state index in [9.17, 15) is 9.59 Å². The Morgan fingerprint density at radius 1 is 1.10 bits per heavy atom. The molecule has 6 heteroatoms. The second kappa shape index (κ2) is 9.01. The van der Waals surface area contributed by atoms with Gasteiger partial charge in [0.1, 0.15) is 0 Å². The summed E-state index contributed by atoms with van der Waals surface area (Å²) in [5.74, 6) is -0.113. The molecule has 1 heterocycles. The Balaban J connectivity index is 1.74. The summed E-state index contributed by atoms with van der Waals surface area (Å²) in [4.78, 5) is 27.0. The van der Waals surface area contributed by atoms with Crippen molar-refractivity contribution >= 4 is 16.7 Å². The van der Waals surface area contributed by atoms with Crippen molar-refractivity contribution in [2.75, 3.05) is 20.6 Å². The van der Waals surface area contributed by atoms with E-state index in [-0.39, 0.29) is 23.9 Å². The second-order valence-corrected chi connectivity index (χ2v) is 7.48. The lowest BCUT2D eigenvalue weighted by Crippen LogP contribution is -2.35. The highest BCUT2D eigenvalue weighted by atomic mass is 16.1. The summed E-state index contributed by atoms with van der Waals surface area (Å²) in [6.07, 6.45) is 1.13. The maximum absolute atomic E-state index is 12.7. The summed E-state index contributed by atoms with van der Waals surface area (Å²) in [5, 5.41) is 8.65. The second-order valence-electron chi connectivity index (χ2n) is 7.48. The summed E-state index contributed by atoms with van der Waals surface area (Å²) in [7, 11) is 5.62. The summed E-state index contributed by atoms with van der Waals surface area (Å²) in [6, 6.07) is 15.9. The van der Waals surface area contributed by atoms with Gasteiger partial charge in [-0.25, -0.2) is 4.68 Å². The molecule has 0 fully saturated rings. The lowest BCUT2D eigenvalue weighted by atomic mass is 10.0. The predicted octanol–water partition coefficient (Wildman–Crippen LogP) is 2.46. The van der Waals surface area contributed by atoms with Crippen molar-refractivity contribution in [1.82, 2.24) is 20.0 Å². The third kappa shape index (κ3) is 4.71. The van der Waals surface area contributed by atoms with E-state index in [1.165, 1.54) is 10.2 Å². The number of aryl methyl sites for hydroxylation is 2. The number of fused-ring (bicyclic) bond motifs is 1. The van der Waals surface area contributed by atoms with Gasteiger partial charge in [-0.3, -0.25) is 9.59 Å². The third-order valence-corrected chi connectivity index (χ3v) is 5.25. The van der Waals surface area contributed by atoms with Crippen LogP contribution in [-0.2, 0) is 24.7 Å². The number of likely N-dealkylation sites (N-methyl/N-ethyl adjacent to an activating group) is 1. The van der Waals surface area contributed by atoms with Crippen LogP contribution in [0, 0.1) is 0 Å². The number of aromatic nitrogens is 2. The van der Waals surface area contributed by atoms with Crippen LogP contribution in [0.5, 0.6) is 0 Å². The lowest BCUT2D eigenvalue weighted by molar-refractivity contribution is -0.120. The van der Waals surface area contributed by atoms with E-state index in [0.717, 1.165) is 17.4 Å². The van der Waals surface area contributed by atoms with Crippen LogP contribution in [0.3, 0.4) is 0 Å². The molecule has 0 aliphatic rings. The molecule has 6 nitrogen and oxygen atoms in total. The summed E-state index contributed by atoms with van der Waals surface area (Å²) >= 11 is 0. The molecule has 1 N–H and O–H groups in total. The zero-order chi connectivity index (χ0) is 21.0. The Kier molecular flexibility index (Phi) is 6.44. The number of nitrogens with zero attached hydrogens (tertiary/aromatic N) is 3. The van der Waals surface area contributed by atoms with Gasteiger partial charge >= 0.3 is 0 Å². The van der Waals surface area contributed by atoms with Crippen molar-refractivity contribution in [2.45, 2.75) is 25.8 Å². The van der Waals surface area contributed by atoms with Crippen LogP contribution in [0.4, 0.5) is 0 Å². The van der Waals surface area contributed by atoms with Crippen LogP contribution in [0.2, 0.25) is 0 Å². The highest BCUT2D eigenvalue weighted by molar-refractivity contribution is 5.88. The molecular weight excluding hydrogens is 364 g/mol. The third-order valence-electron chi connectivity index (χ3n) is 5.25. The minimum absolute atomic E-state index is 0.0784. The average Bonchev–Trinajstić information content (AvgIpc) is 2.72. The summed E-state index contributed by atoms with van der Waals surface area (Å²) in [6.45, 7) is 2.64. The van der Waals surface area contributed by atoms with Crippen molar-refractivity contribution in [2.24, 2.45) is 7.05 Å². The molecule has 3 aromatic rings. The van der Waals surface area contributed by atoms with Gasteiger partial charge in [0, 0.05) is 19.0 Å². The monoisotopic (exact) mass is 392 g/mol. The van der Waals surface area contributed by atoms with Crippen LogP contribution < -0.4 is 10.9 Å². The molecule has 0 spiro atoms. The molecule has 1 atom stereocenters. The quantitative estimate of drug-likeness (QED) is 0.671. The van der Waals surface area contributed by atoms with Gasteiger partial charge in [0.25, 0.3) is 5.56 Å². The topological polar surface area (TPSA) is 67.2 Å². The number of amides is 1. The molecule has 152 valence electrons. The molecule has 0 saturated carbocycles. The fraction of sp³-hybridized carbons (Fsp3) is 0.348. The van der Waals surface area contributed by atoms with Crippen LogP contribution >= 0.6 is 0 Å². The first-order valence-corrected chi connectivity index (χ1v) is 9.87. The van der Waals surface area contributed by atoms with E-state index < -0.39 is 0 Å². The van der Waals surface area contributed by atoms with E-state index in [2.05, 4.69) is 46.5 Å². The molecule has 0 radical (unpaired) electrons. The lowest BCUT2D eigenvalue weighted by Gasteiger charge is -2.25. The molecule has 0 bridgehead atoms. The van der Waals surface area contributed by atoms with E-state index in [1.54, 1.807) is 13.1 Å². The zero-order valence-electron chi connectivity index (χ0n) is 17.5. The van der Waals surface area contributed by atoms with Crippen LogP contribution in [-0.4, -0.2) is 41.2 Å². The molecule has 3 rings (SSSR count). The molecule has 29 heavy (non-hydrogen) atoms. The molecule has 0 saturated heterocycles. The van der Waals surface area contributed by atoms with Crippen LogP contribution in [0.15, 0.2) is 53.3 Å². The first kappa shape index (κ1) is 20.7. The van der Waals surface area contributed by atoms with Crippen molar-refractivity contribution in [3.8, 4) is 0 Å². The van der Waals surface area contributed by atoms with Crippen LogP contribution in [0.1, 0.15) is 29.8 Å². The van der Waals surface area contributed by atoms with Gasteiger partial charge in [0.05, 0.1) is 23.5 Å². The molecule has 1 aromatic heterocycles. The minimum Gasteiger partial charge on any atom is -0.354 e. The van der Waals surface area contributed by atoms with Crippen molar-refractivity contribution in [3.05, 3.63) is 75.7 Å². The maximum Gasteiger partial charge on any atom is 0.274 e. The summed E-state index contributed by atoms with van der Waals surface area (Å²) < 4.78 is 1.29. The van der Waals surface area contributed by atoms with Crippen molar-refractivity contribution in [3.63, 3.8) is 0 Å². The van der Waals surface area contributed by atoms with Gasteiger partial charge in [-0.2, -0.15) is 5.10 Å². The highest BCUT2D eigenvalue weighted by Crippen LogP contribution is 2.19. The first-order valence-electron chi connectivity index (χ1n) is 9.87. The Bertz CT molecular complexity index is 1050. The molecular formula is C23H28N4O2. The smallest absolute Gasteiger partial charge is 0.274 e. The zero-order valence-corrected chi connectivity index (χ0v) is 17.5. The number of hydrogen-bond donors (Lipinski definition) is 1. The standard InChI is InChI=1S/C23H28N4O2/c1-5-16-10-12-17(13-11-16)21(26(2)3)15-24-22(28)14-20-18-8-6-7-9-19(18)23(29)27(4)25-20/h6-13,21H,5,14-15H2,1-4H3,(H,24,28)/t21-/m0/s1. The van der Waals surface area contributed by atoms with Crippen LogP contribution in [0.25, 0.3) is 10.8 Å². The van der Waals surface area contributed by atoms with Crippen molar-refractivity contribution < 1.29 is 4.79 Å². The molecule has 2 aromatic carbocycles. The Hall–Kier alpha value is -2.99. The largest absolute Gasteiger partial charge is 0.354 e. The minimum atomic E-state index is -0.159. The SMILES string of the molecule is CCc1ccc([C@H](CNC(=O)Cc2nn(C)c(=O)c3ccccc23)N(C)C)cc1. The molecule has 0 aliphatic heterocycles. The average molecular weight is 393 g/mol. The Morgan fingerprint density at radius 3 is 2.38 bits per heavy atom. The Morgan fingerprint density at radius 2 is 1.76 bits per heavy atom. The number of carbonyl (C=O) groups excluding carboxylic acids is 1. The maximum atomic E-state index is 12.7. The van der Waals surface area contributed by atoms with Gasteiger partial charge in [-0.05, 0) is 37.7 Å². The molecule has 1 amide bonds. The predicted molar refractivity (Wildman–Crippen MR) is 116 cm³/mol. The van der Waals surface area contributed by atoms with E-state index >= 15 is 0 Å². The van der Waals surface area contributed by atoms with Crippen molar-refractivity contribution in [1.29, 1.82) is 0 Å². The van der Waals surface area contributed by atoms with Gasteiger partial charge in [0.15, 0.2) is 0 Å². The fourth-order valence-electron chi connectivity index (χ4n) is 3.51. The van der Waals surface area contributed by atoms with Gasteiger partial charge < -0.3 is 10.2 Å². The van der Waals surface area contributed by atoms with Gasteiger partial charge in [0.2, 0.25) is 5.91 Å². The molecule has 0 unspecified atom stereocenters. The van der Waals surface area contributed by atoms with Gasteiger partial charge in [-0.1, -0.05) is 49.4 Å². The Labute approximate surface area is 171 Å². The fourth-order valence-corrected chi connectivity index (χ4v) is 3.51. The number of nitrogens with one attached hydrogen (secondary N) is 1. The van der Waals surface area contributed by atoms with E-state index in [4.69, 9.17) is 0 Å². The normalized spacial score (nSPS) is 12.3. The number of hydrogen-bond acceptors (Lipinski definition) is 4. The van der Waals surface area contributed by atoms with E-state index in [1.807, 2.05) is 32.3 Å². The number of rotatable bonds is 7. The number of carbonyl (C=O) groups is 1. The molecule has 0 aliphatic carbocycles. The summed E-state index contributed by atoms with van der Waals surface area (Å²) in [5.41, 5.74) is 2.91. The van der Waals surface area contributed by atoms with E-state index in [0.29, 0.717) is 17.6 Å². The first-order chi connectivity index (χ1) is 13.9. The number of benzene rings is 2.